The molecule has 0 aliphatic heterocycles. The van der Waals surface area contributed by atoms with Crippen LogP contribution < -0.4 is 22.5 Å². The molecule has 0 saturated carbocycles. The van der Waals surface area contributed by atoms with E-state index in [1.807, 2.05) is 30.5 Å². The average molecular weight is 375 g/mol. The molecule has 0 amide bonds. The van der Waals surface area contributed by atoms with Gasteiger partial charge in [-0.25, -0.2) is 0 Å². The van der Waals surface area contributed by atoms with Crippen molar-refractivity contribution in [3.05, 3.63) is 100 Å². The zero-order chi connectivity index (χ0) is 17.5. The number of aryl methyl sites for hydroxylation is 2. The molecule has 3 nitrogen and oxygen atoms in total. The van der Waals surface area contributed by atoms with Gasteiger partial charge in [0.05, 0.1) is 5.69 Å². The zero-order valence-electron chi connectivity index (χ0n) is 14.8. The van der Waals surface area contributed by atoms with Crippen LogP contribution in [0.5, 0.6) is 0 Å². The molecule has 0 spiro atoms. The molecule has 0 radical (unpaired) electrons. The maximum Gasteiger partial charge on any atom is 0.262 e. The maximum atomic E-state index is 12.8. The molecule has 0 atom stereocenters. The summed E-state index contributed by atoms with van der Waals surface area (Å²) in [6, 6.07) is 20.8. The van der Waals surface area contributed by atoms with E-state index in [-0.39, 0.29) is 18.0 Å². The van der Waals surface area contributed by atoms with Crippen molar-refractivity contribution in [2.75, 3.05) is 0 Å². The van der Waals surface area contributed by atoms with Gasteiger partial charge >= 0.3 is 0 Å². The van der Waals surface area contributed by atoms with Gasteiger partial charge in [-0.1, -0.05) is 54.6 Å². The predicted molar refractivity (Wildman–Crippen MR) is 103 cm³/mol. The van der Waals surface area contributed by atoms with Crippen LogP contribution in [0, 0.1) is 0 Å². The summed E-state index contributed by atoms with van der Waals surface area (Å²) in [6.07, 6.45) is 6.03. The molecule has 0 bridgehead atoms. The van der Waals surface area contributed by atoms with Crippen LogP contribution in [0.3, 0.4) is 0 Å². The number of nitrogens with zero attached hydrogens (tertiary/aromatic N) is 1. The highest BCUT2D eigenvalue weighted by atomic mass is 35.5. The molecule has 0 unspecified atom stereocenters. The Morgan fingerprint density at radius 1 is 0.889 bits per heavy atom. The predicted octanol–water partition coefficient (Wildman–Crippen LogP) is 0.633. The van der Waals surface area contributed by atoms with Crippen LogP contribution in [0.1, 0.15) is 16.7 Å². The summed E-state index contributed by atoms with van der Waals surface area (Å²) in [4.78, 5) is 15.9. The molecule has 1 aliphatic rings. The molecule has 1 aliphatic carbocycles. The number of fused-ring (bicyclic) bond motifs is 5. The Bertz CT molecular complexity index is 1180. The number of nitrogens with one attached hydrogen (secondary N) is 1. The summed E-state index contributed by atoms with van der Waals surface area (Å²) in [5, 5.41) is 1.84. The van der Waals surface area contributed by atoms with Gasteiger partial charge in [-0.15, -0.1) is 0 Å². The average Bonchev–Trinajstić information content (AvgIpc) is 2.69. The third-order valence-corrected chi connectivity index (χ3v) is 5.27. The third-order valence-electron chi connectivity index (χ3n) is 5.27. The number of H-pyrrole nitrogens is 1. The minimum absolute atomic E-state index is 0. The standard InChI is InChI=1S/C23H18N2O.ClH/c26-23-21-15-25(14-16-6-2-1-3-7-16)13-12-19(21)20-11-10-17-8-4-5-9-18(17)22(20)24-23;/h1-9,12-13,15H,10-11,14H2;1H. The summed E-state index contributed by atoms with van der Waals surface area (Å²) < 4.78 is 2.08. The van der Waals surface area contributed by atoms with E-state index in [0.29, 0.717) is 0 Å². The molecule has 27 heavy (non-hydrogen) atoms. The van der Waals surface area contributed by atoms with Gasteiger partial charge in [0, 0.05) is 22.6 Å². The van der Waals surface area contributed by atoms with Gasteiger partial charge in [0.2, 0.25) is 0 Å². The van der Waals surface area contributed by atoms with E-state index in [0.717, 1.165) is 41.4 Å². The van der Waals surface area contributed by atoms with Crippen molar-refractivity contribution in [3.8, 4) is 11.3 Å². The highest BCUT2D eigenvalue weighted by Crippen LogP contribution is 2.34. The van der Waals surface area contributed by atoms with E-state index in [4.69, 9.17) is 0 Å². The molecule has 2 aromatic carbocycles. The van der Waals surface area contributed by atoms with Gasteiger partial charge in [-0.3, -0.25) is 4.79 Å². The molecule has 4 heteroatoms. The monoisotopic (exact) mass is 374 g/mol. The lowest BCUT2D eigenvalue weighted by Crippen LogP contribution is -3.00. The number of aromatic nitrogens is 2. The first-order chi connectivity index (χ1) is 12.8. The molecule has 1 N–H and O–H groups in total. The fraction of sp³-hybridized carbons (Fsp3) is 0.130. The molecule has 0 saturated heterocycles. The Balaban J connectivity index is 0.00000180. The smallest absolute Gasteiger partial charge is 0.262 e. The van der Waals surface area contributed by atoms with Gasteiger partial charge < -0.3 is 17.4 Å². The minimum atomic E-state index is -0.0159. The number of pyridine rings is 2. The second kappa shape index (κ2) is 7.01. The van der Waals surface area contributed by atoms with Crippen LogP contribution in [-0.4, -0.2) is 4.98 Å². The Morgan fingerprint density at radius 2 is 1.67 bits per heavy atom. The number of aromatic amines is 1. The van der Waals surface area contributed by atoms with E-state index >= 15 is 0 Å². The fourth-order valence-electron chi connectivity index (χ4n) is 4.00. The largest absolute Gasteiger partial charge is 1.00 e. The number of rotatable bonds is 2. The van der Waals surface area contributed by atoms with Gasteiger partial charge in [0.1, 0.15) is 5.39 Å². The van der Waals surface area contributed by atoms with E-state index < -0.39 is 0 Å². The summed E-state index contributed by atoms with van der Waals surface area (Å²) in [5.74, 6) is 0. The molecule has 134 valence electrons. The summed E-state index contributed by atoms with van der Waals surface area (Å²) in [7, 11) is 0. The summed E-state index contributed by atoms with van der Waals surface area (Å²) in [6.45, 7) is 0.760. The van der Waals surface area contributed by atoms with Gasteiger partial charge in [0.25, 0.3) is 5.56 Å². The first kappa shape index (κ1) is 17.5. The van der Waals surface area contributed by atoms with Crippen LogP contribution in [0.25, 0.3) is 22.0 Å². The molecule has 2 aromatic heterocycles. The van der Waals surface area contributed by atoms with Crippen LogP contribution >= 0.6 is 0 Å². The molecule has 2 heterocycles. The Labute approximate surface area is 163 Å². The van der Waals surface area contributed by atoms with E-state index in [2.05, 4.69) is 52.1 Å². The van der Waals surface area contributed by atoms with Crippen molar-refractivity contribution in [1.82, 2.24) is 4.98 Å². The number of hydrogen-bond donors (Lipinski definition) is 1. The second-order valence-corrected chi connectivity index (χ2v) is 6.89. The van der Waals surface area contributed by atoms with Crippen molar-refractivity contribution in [3.63, 3.8) is 0 Å². The van der Waals surface area contributed by atoms with Crippen LogP contribution in [0.4, 0.5) is 0 Å². The van der Waals surface area contributed by atoms with Crippen molar-refractivity contribution in [2.45, 2.75) is 19.4 Å². The van der Waals surface area contributed by atoms with E-state index in [1.165, 1.54) is 16.7 Å². The SMILES string of the molecule is O=c1[nH]c2c(c3cc[n+](Cc4ccccc4)cc13)CCc1ccccc1-2.[Cl-]. The summed E-state index contributed by atoms with van der Waals surface area (Å²) >= 11 is 0. The highest BCUT2D eigenvalue weighted by molar-refractivity contribution is 5.89. The lowest BCUT2D eigenvalue weighted by atomic mass is 9.87. The van der Waals surface area contributed by atoms with Crippen molar-refractivity contribution >= 4 is 10.8 Å². The van der Waals surface area contributed by atoms with Gasteiger partial charge in [-0.05, 0) is 24.0 Å². The molecule has 4 aromatic rings. The molecule has 5 rings (SSSR count). The van der Waals surface area contributed by atoms with Crippen LogP contribution in [-0.2, 0) is 19.4 Å². The normalized spacial score (nSPS) is 12.1. The third kappa shape index (κ3) is 3.04. The number of hydrogen-bond acceptors (Lipinski definition) is 1. The lowest BCUT2D eigenvalue weighted by molar-refractivity contribution is -0.687. The molecular weight excluding hydrogens is 356 g/mol. The van der Waals surface area contributed by atoms with E-state index in [1.54, 1.807) is 0 Å². The second-order valence-electron chi connectivity index (χ2n) is 6.89. The molecule has 0 fully saturated rings. The quantitative estimate of drug-likeness (QED) is 0.513. The Hall–Kier alpha value is -2.91. The first-order valence-electron chi connectivity index (χ1n) is 9.00. The number of benzene rings is 2. The van der Waals surface area contributed by atoms with Crippen LogP contribution in [0.2, 0.25) is 0 Å². The van der Waals surface area contributed by atoms with Gasteiger partial charge in [-0.2, -0.15) is 4.57 Å². The highest BCUT2D eigenvalue weighted by Gasteiger charge is 2.21. The minimum Gasteiger partial charge on any atom is -1.00 e. The fourth-order valence-corrected chi connectivity index (χ4v) is 4.00. The lowest BCUT2D eigenvalue weighted by Gasteiger charge is -2.20. The van der Waals surface area contributed by atoms with Crippen molar-refractivity contribution in [1.29, 1.82) is 0 Å². The Kier molecular flexibility index (Phi) is 4.54. The maximum absolute atomic E-state index is 12.8. The van der Waals surface area contributed by atoms with Gasteiger partial charge in [0.15, 0.2) is 18.9 Å². The molecular formula is C23H19ClN2O. The first-order valence-corrected chi connectivity index (χ1v) is 9.00. The van der Waals surface area contributed by atoms with Crippen molar-refractivity contribution < 1.29 is 17.0 Å². The number of halogens is 1. The van der Waals surface area contributed by atoms with Crippen molar-refractivity contribution in [2.24, 2.45) is 0 Å². The Morgan fingerprint density at radius 3 is 2.52 bits per heavy atom. The topological polar surface area (TPSA) is 36.7 Å². The van der Waals surface area contributed by atoms with E-state index in [9.17, 15) is 4.79 Å². The zero-order valence-corrected chi connectivity index (χ0v) is 15.5. The van der Waals surface area contributed by atoms with Crippen LogP contribution in [0.15, 0.2) is 77.9 Å². The summed E-state index contributed by atoms with van der Waals surface area (Å²) in [5.41, 5.74) is 5.92.